The molecule has 158 valence electrons. The van der Waals surface area contributed by atoms with Crippen molar-refractivity contribution in [2.45, 2.75) is 53.7 Å². The van der Waals surface area contributed by atoms with Crippen molar-refractivity contribution < 1.29 is 48.0 Å². The van der Waals surface area contributed by atoms with Gasteiger partial charge in [-0.2, -0.15) is 26.3 Å². The normalized spacial score (nSPS) is 22.9. The van der Waals surface area contributed by atoms with Crippen molar-refractivity contribution in [1.29, 1.82) is 5.41 Å². The van der Waals surface area contributed by atoms with E-state index in [2.05, 4.69) is 0 Å². The zero-order valence-electron chi connectivity index (χ0n) is 13.5. The monoisotopic (exact) mass is 446 g/mol. The first-order chi connectivity index (χ1) is 12.1. The van der Waals surface area contributed by atoms with E-state index >= 15 is 0 Å². The van der Waals surface area contributed by atoms with Crippen LogP contribution in [0.4, 0.5) is 26.3 Å². The zero-order chi connectivity index (χ0) is 21.3. The maximum Gasteiger partial charge on any atom is 0.498 e. The minimum absolute atomic E-state index is 0.0289. The molecular weight excluding hydrogens is 430 g/mol. The fourth-order valence-electron chi connectivity index (χ4n) is 2.96. The maximum absolute atomic E-state index is 13.0. The Hall–Kier alpha value is -1.38. The van der Waals surface area contributed by atoms with Gasteiger partial charge in [-0.05, 0) is 12.8 Å². The van der Waals surface area contributed by atoms with Crippen molar-refractivity contribution in [1.82, 2.24) is 5.32 Å². The second-order valence-electron chi connectivity index (χ2n) is 5.91. The highest BCUT2D eigenvalue weighted by Gasteiger charge is 2.65. The molecule has 0 spiro atoms. The highest BCUT2D eigenvalue weighted by atomic mass is 32.3. The summed E-state index contributed by atoms with van der Waals surface area (Å²) in [6.07, 6.45) is -0.172. The highest BCUT2D eigenvalue weighted by Crippen LogP contribution is 2.43. The van der Waals surface area contributed by atoms with Crippen LogP contribution in [-0.2, 0) is 24.5 Å². The Morgan fingerprint density at radius 1 is 0.926 bits per heavy atom. The van der Waals surface area contributed by atoms with Crippen LogP contribution in [0.15, 0.2) is 0 Å². The van der Waals surface area contributed by atoms with E-state index in [1.165, 1.54) is 0 Å². The summed E-state index contributed by atoms with van der Waals surface area (Å²) in [5.74, 6) is -3.38. The van der Waals surface area contributed by atoms with Crippen molar-refractivity contribution in [2.75, 3.05) is 0 Å². The summed E-state index contributed by atoms with van der Waals surface area (Å²) < 4.78 is 121. The molecule has 0 heterocycles. The van der Waals surface area contributed by atoms with Crippen molar-refractivity contribution in [3.63, 3.8) is 0 Å². The van der Waals surface area contributed by atoms with E-state index in [0.29, 0.717) is 0 Å². The Bertz CT molecular complexity index is 731. The first-order valence-corrected chi connectivity index (χ1v) is 10.6. The molecule has 2 unspecified atom stereocenters. The van der Waals surface area contributed by atoms with Gasteiger partial charge in [-0.3, -0.25) is 4.79 Å². The van der Waals surface area contributed by atoms with Crippen LogP contribution in [0.5, 0.6) is 0 Å². The van der Waals surface area contributed by atoms with E-state index < -0.39 is 59.6 Å². The molecule has 1 rings (SSSR count). The summed E-state index contributed by atoms with van der Waals surface area (Å²) in [5, 5.41) is 8.71. The quantitative estimate of drug-likeness (QED) is 0.380. The first kappa shape index (κ1) is 23.7. The van der Waals surface area contributed by atoms with Gasteiger partial charge in [-0.1, -0.05) is 19.3 Å². The zero-order valence-corrected chi connectivity index (χ0v) is 15.1. The Balaban J connectivity index is 3.65. The number of carbonyl (C=O) groups excluding carboxylic acids is 1. The molecule has 15 heteroatoms. The van der Waals surface area contributed by atoms with E-state index in [1.54, 1.807) is 0 Å². The average molecular weight is 446 g/mol. The van der Waals surface area contributed by atoms with Gasteiger partial charge in [0, 0.05) is 12.0 Å². The van der Waals surface area contributed by atoms with E-state index in [0.717, 1.165) is 0 Å². The van der Waals surface area contributed by atoms with Crippen LogP contribution in [-0.4, -0.2) is 50.6 Å². The fraction of sp³-hybridized carbons (Fsp3) is 0.833. The minimum atomic E-state index is -6.79. The topological polar surface area (TPSA) is 121 Å². The number of nitrogens with one attached hydrogen (secondary N) is 2. The molecule has 27 heavy (non-hydrogen) atoms. The molecule has 1 saturated carbocycles. The molecule has 0 radical (unpaired) electrons. The Morgan fingerprint density at radius 3 is 1.78 bits per heavy atom. The van der Waals surface area contributed by atoms with Gasteiger partial charge < -0.3 is 10.7 Å². The van der Waals surface area contributed by atoms with Crippen LogP contribution in [0.1, 0.15) is 32.1 Å². The maximum atomic E-state index is 13.0. The SMILES string of the molecule is N=CC(=O)NC1CCCCCC1C(S(=O)(=O)C(F)(F)F)S(=O)(=O)C(F)(F)F. The van der Waals surface area contributed by atoms with Gasteiger partial charge in [0.05, 0.1) is 6.21 Å². The fourth-order valence-corrected chi connectivity index (χ4v) is 7.04. The molecule has 0 bridgehead atoms. The third-order valence-electron chi connectivity index (χ3n) is 4.13. The molecule has 2 N–H and O–H groups in total. The number of sulfone groups is 2. The summed E-state index contributed by atoms with van der Waals surface area (Å²) in [6.45, 7) is 0. The third-order valence-corrected chi connectivity index (χ3v) is 8.87. The van der Waals surface area contributed by atoms with Gasteiger partial charge in [-0.15, -0.1) is 0 Å². The molecule has 1 aliphatic rings. The lowest BCUT2D eigenvalue weighted by Crippen LogP contribution is -2.54. The van der Waals surface area contributed by atoms with Crippen molar-refractivity contribution in [3.05, 3.63) is 0 Å². The number of rotatable bonds is 5. The number of alkyl halides is 6. The van der Waals surface area contributed by atoms with Crippen LogP contribution in [0.25, 0.3) is 0 Å². The van der Waals surface area contributed by atoms with Crippen LogP contribution < -0.4 is 5.32 Å². The summed E-state index contributed by atoms with van der Waals surface area (Å²) in [6, 6.07) is -1.60. The predicted molar refractivity (Wildman–Crippen MR) is 81.0 cm³/mol. The molecule has 1 fully saturated rings. The van der Waals surface area contributed by atoms with Crippen LogP contribution in [0.3, 0.4) is 0 Å². The summed E-state index contributed by atoms with van der Waals surface area (Å²) in [4.78, 5) is 11.4. The molecule has 1 aliphatic carbocycles. The van der Waals surface area contributed by atoms with E-state index in [1.807, 2.05) is 5.32 Å². The van der Waals surface area contributed by atoms with Crippen LogP contribution in [0.2, 0.25) is 0 Å². The van der Waals surface area contributed by atoms with Crippen LogP contribution in [0, 0.1) is 11.3 Å². The standard InChI is InChI=1S/C12H16F6N2O5S2/c13-11(14,15)26(22,23)10(27(24,25)12(16,17)18)7-4-2-1-3-5-8(7)20-9(21)6-19/h6-8,10,19H,1-5H2,(H,20,21). The molecule has 7 nitrogen and oxygen atoms in total. The van der Waals surface area contributed by atoms with Gasteiger partial charge >= 0.3 is 11.0 Å². The Morgan fingerprint density at radius 2 is 1.37 bits per heavy atom. The van der Waals surface area contributed by atoms with E-state index in [4.69, 9.17) is 5.41 Å². The van der Waals surface area contributed by atoms with Crippen molar-refractivity contribution in [2.24, 2.45) is 5.92 Å². The molecule has 2 atom stereocenters. The number of hydrogen-bond acceptors (Lipinski definition) is 6. The lowest BCUT2D eigenvalue weighted by Gasteiger charge is -2.32. The first-order valence-electron chi connectivity index (χ1n) is 7.48. The molecule has 0 aromatic rings. The lowest BCUT2D eigenvalue weighted by molar-refractivity contribution is -0.115. The smallest absolute Gasteiger partial charge is 0.348 e. The lowest BCUT2D eigenvalue weighted by atomic mass is 9.96. The Labute approximate surface area is 150 Å². The second kappa shape index (κ2) is 7.93. The number of hydrogen-bond donors (Lipinski definition) is 2. The van der Waals surface area contributed by atoms with Gasteiger partial charge in [0.2, 0.25) is 0 Å². The van der Waals surface area contributed by atoms with Gasteiger partial charge in [0.25, 0.3) is 25.6 Å². The van der Waals surface area contributed by atoms with Crippen molar-refractivity contribution >= 4 is 31.8 Å². The summed E-state index contributed by atoms with van der Waals surface area (Å²) in [7, 11) is -13.6. The van der Waals surface area contributed by atoms with Crippen molar-refractivity contribution in [3.8, 4) is 0 Å². The van der Waals surface area contributed by atoms with E-state index in [9.17, 15) is 48.0 Å². The average Bonchev–Trinajstić information content (AvgIpc) is 2.70. The Kier molecular flexibility index (Phi) is 6.95. The number of carbonyl (C=O) groups is 1. The molecular formula is C12H16F6N2O5S2. The minimum Gasteiger partial charge on any atom is -0.348 e. The molecule has 0 aromatic heterocycles. The second-order valence-corrected chi connectivity index (χ2v) is 10.3. The number of halogens is 6. The highest BCUT2D eigenvalue weighted by molar-refractivity contribution is 8.09. The third kappa shape index (κ3) is 4.92. The van der Waals surface area contributed by atoms with Gasteiger partial charge in [0.1, 0.15) is 0 Å². The van der Waals surface area contributed by atoms with Gasteiger partial charge in [0.15, 0.2) is 4.58 Å². The molecule has 0 saturated heterocycles. The summed E-state index contributed by atoms with van der Waals surface area (Å²) >= 11 is 0. The molecule has 0 aromatic carbocycles. The van der Waals surface area contributed by atoms with E-state index in [-0.39, 0.29) is 31.9 Å². The van der Waals surface area contributed by atoms with Gasteiger partial charge in [-0.25, -0.2) is 16.8 Å². The molecule has 0 aliphatic heterocycles. The van der Waals surface area contributed by atoms with Crippen LogP contribution >= 0.6 is 0 Å². The molecule has 1 amide bonds. The largest absolute Gasteiger partial charge is 0.498 e. The summed E-state index contributed by atoms with van der Waals surface area (Å²) in [5.41, 5.74) is -12.5. The predicted octanol–water partition coefficient (Wildman–Crippen LogP) is 1.90. The number of amides is 1.